The van der Waals surface area contributed by atoms with Gasteiger partial charge in [-0.3, -0.25) is 4.48 Å². The van der Waals surface area contributed by atoms with Crippen LogP contribution in [0.5, 0.6) is 0 Å². The summed E-state index contributed by atoms with van der Waals surface area (Å²) in [5.74, 6) is 0.898. The van der Waals surface area contributed by atoms with E-state index in [0.717, 1.165) is 12.5 Å². The van der Waals surface area contributed by atoms with Gasteiger partial charge in [-0.15, -0.1) is 0 Å². The Morgan fingerprint density at radius 3 is 2.57 bits per heavy atom. The monoisotopic (exact) mass is 214 g/mol. The van der Waals surface area contributed by atoms with Crippen LogP contribution in [-0.2, 0) is 0 Å². The molecular weight excluding hydrogens is 198 g/mol. The highest BCUT2D eigenvalue weighted by atomic mass is 35.5. The minimum atomic E-state index is 0.898. The predicted molar refractivity (Wildman–Crippen MR) is 56.5 cm³/mol. The smallest absolute Gasteiger partial charge is 0.137 e. The van der Waals surface area contributed by atoms with E-state index in [0.29, 0.717) is 0 Å². The number of nitrogens with zero attached hydrogens (tertiary/aromatic N) is 3. The van der Waals surface area contributed by atoms with Crippen molar-refractivity contribution in [1.82, 2.24) is 9.80 Å². The zero-order chi connectivity index (χ0) is 9.60. The lowest BCUT2D eigenvalue weighted by atomic mass is 9.98. The van der Waals surface area contributed by atoms with Crippen LogP contribution in [0.25, 0.3) is 0 Å². The fourth-order valence-corrected chi connectivity index (χ4v) is 3.60. The molecule has 0 aromatic carbocycles. The number of halogens is 1. The standard InChI is InChI=1S/C10H17ClN3/c11-2-1-3-14-6-10-4-12(8-14)7-13(5-10)9-14/h1-2,10H,3-9H2/q+1/b2-1+. The maximum atomic E-state index is 5.62. The Morgan fingerprint density at radius 2 is 2.00 bits per heavy atom. The second-order valence-corrected chi connectivity index (χ2v) is 5.32. The second-order valence-electron chi connectivity index (χ2n) is 5.07. The highest BCUT2D eigenvalue weighted by Gasteiger charge is 2.48. The molecule has 0 amide bonds. The highest BCUT2D eigenvalue weighted by Crippen LogP contribution is 2.31. The molecule has 0 radical (unpaired) electrons. The lowest BCUT2D eigenvalue weighted by molar-refractivity contribution is -0.965. The van der Waals surface area contributed by atoms with Crippen molar-refractivity contribution in [2.75, 3.05) is 46.2 Å². The van der Waals surface area contributed by atoms with Gasteiger partial charge in [0.05, 0.1) is 13.2 Å². The highest BCUT2D eigenvalue weighted by molar-refractivity contribution is 6.25. The Bertz CT molecular complexity index is 229. The van der Waals surface area contributed by atoms with Gasteiger partial charge in [0.2, 0.25) is 0 Å². The quantitative estimate of drug-likeness (QED) is 0.625. The second kappa shape index (κ2) is 3.20. The van der Waals surface area contributed by atoms with Gasteiger partial charge in [0.1, 0.15) is 19.9 Å². The van der Waals surface area contributed by atoms with Gasteiger partial charge in [0.15, 0.2) is 0 Å². The average Bonchev–Trinajstić information content (AvgIpc) is 2.12. The molecule has 78 valence electrons. The molecule has 0 aromatic rings. The molecule has 2 atom stereocenters. The Balaban J connectivity index is 1.80. The van der Waals surface area contributed by atoms with Crippen LogP contribution in [0.1, 0.15) is 0 Å². The van der Waals surface area contributed by atoms with Gasteiger partial charge in [-0.1, -0.05) is 11.6 Å². The van der Waals surface area contributed by atoms with Crippen molar-refractivity contribution in [3.05, 3.63) is 11.6 Å². The molecule has 3 nitrogen and oxygen atoms in total. The van der Waals surface area contributed by atoms with Crippen molar-refractivity contribution < 1.29 is 4.48 Å². The molecule has 4 heterocycles. The predicted octanol–water partition coefficient (Wildman–Crippen LogP) is 0.689. The number of hydrogen-bond acceptors (Lipinski definition) is 2. The van der Waals surface area contributed by atoms with Crippen molar-refractivity contribution in [2.45, 2.75) is 0 Å². The number of rotatable bonds is 2. The molecule has 4 aliphatic heterocycles. The van der Waals surface area contributed by atoms with E-state index in [1.165, 1.54) is 44.1 Å². The van der Waals surface area contributed by atoms with Gasteiger partial charge < -0.3 is 0 Å². The first kappa shape index (κ1) is 9.16. The average molecular weight is 215 g/mol. The van der Waals surface area contributed by atoms with E-state index < -0.39 is 0 Å². The largest absolute Gasteiger partial charge is 0.295 e. The number of quaternary nitrogens is 1. The molecule has 0 spiro atoms. The summed E-state index contributed by atoms with van der Waals surface area (Å²) in [5, 5.41) is 0. The van der Waals surface area contributed by atoms with Gasteiger partial charge in [-0.2, -0.15) is 0 Å². The topological polar surface area (TPSA) is 6.48 Å². The summed E-state index contributed by atoms with van der Waals surface area (Å²) in [4.78, 5) is 5.17. The van der Waals surface area contributed by atoms with E-state index in [9.17, 15) is 0 Å². The van der Waals surface area contributed by atoms with Crippen LogP contribution in [0.4, 0.5) is 0 Å². The van der Waals surface area contributed by atoms with Crippen molar-refractivity contribution >= 4 is 11.6 Å². The zero-order valence-corrected chi connectivity index (χ0v) is 9.16. The van der Waals surface area contributed by atoms with Crippen LogP contribution < -0.4 is 0 Å². The summed E-state index contributed by atoms with van der Waals surface area (Å²) in [6, 6.07) is 0. The first-order chi connectivity index (χ1) is 6.80. The van der Waals surface area contributed by atoms with E-state index in [-0.39, 0.29) is 0 Å². The minimum Gasteiger partial charge on any atom is -0.295 e. The van der Waals surface area contributed by atoms with Gasteiger partial charge in [0.25, 0.3) is 0 Å². The molecule has 4 heteroatoms. The fourth-order valence-electron chi connectivity index (χ4n) is 3.52. The summed E-state index contributed by atoms with van der Waals surface area (Å²) < 4.78 is 1.22. The molecule has 14 heavy (non-hydrogen) atoms. The summed E-state index contributed by atoms with van der Waals surface area (Å²) in [7, 11) is 0. The molecule has 4 fully saturated rings. The first-order valence-electron chi connectivity index (χ1n) is 5.35. The summed E-state index contributed by atoms with van der Waals surface area (Å²) in [6.07, 6.45) is 2.11. The molecule has 0 saturated carbocycles. The zero-order valence-electron chi connectivity index (χ0n) is 8.40. The van der Waals surface area contributed by atoms with Crippen molar-refractivity contribution in [2.24, 2.45) is 5.92 Å². The molecule has 4 saturated heterocycles. The van der Waals surface area contributed by atoms with E-state index in [1.54, 1.807) is 5.54 Å². The SMILES string of the molecule is Cl/C=C/C[N+]12CC3CN(CN(C3)C1)C2. The normalized spacial score (nSPS) is 50.5. The molecule has 0 aromatic heterocycles. The third kappa shape index (κ3) is 1.39. The molecule has 4 rings (SSSR count). The summed E-state index contributed by atoms with van der Waals surface area (Å²) >= 11 is 5.62. The van der Waals surface area contributed by atoms with Gasteiger partial charge in [0, 0.05) is 24.5 Å². The van der Waals surface area contributed by atoms with E-state index in [4.69, 9.17) is 11.6 Å². The molecule has 4 bridgehead atoms. The van der Waals surface area contributed by atoms with Gasteiger partial charge in [-0.05, 0) is 6.08 Å². The van der Waals surface area contributed by atoms with Crippen LogP contribution in [-0.4, -0.2) is 60.5 Å². The first-order valence-corrected chi connectivity index (χ1v) is 5.78. The summed E-state index contributed by atoms with van der Waals surface area (Å²) in [6.45, 7) is 8.76. The third-order valence-electron chi connectivity index (χ3n) is 3.66. The molecule has 4 aliphatic rings. The van der Waals surface area contributed by atoms with Crippen molar-refractivity contribution in [3.8, 4) is 0 Å². The van der Waals surface area contributed by atoms with Crippen molar-refractivity contribution in [1.29, 1.82) is 0 Å². The Labute approximate surface area is 90.1 Å². The summed E-state index contributed by atoms with van der Waals surface area (Å²) in [5.41, 5.74) is 1.67. The molecule has 2 unspecified atom stereocenters. The fraction of sp³-hybridized carbons (Fsp3) is 0.800. The van der Waals surface area contributed by atoms with Crippen LogP contribution >= 0.6 is 11.6 Å². The van der Waals surface area contributed by atoms with Crippen LogP contribution in [0.2, 0.25) is 0 Å². The lowest BCUT2D eigenvalue weighted by Gasteiger charge is -2.59. The maximum absolute atomic E-state index is 5.62. The Morgan fingerprint density at radius 1 is 1.29 bits per heavy atom. The lowest BCUT2D eigenvalue weighted by Crippen LogP contribution is -2.76. The van der Waals surface area contributed by atoms with E-state index in [1.807, 2.05) is 0 Å². The number of hydrogen-bond donors (Lipinski definition) is 0. The minimum absolute atomic E-state index is 0.898. The van der Waals surface area contributed by atoms with Crippen molar-refractivity contribution in [3.63, 3.8) is 0 Å². The van der Waals surface area contributed by atoms with Gasteiger partial charge in [-0.25, -0.2) is 9.80 Å². The van der Waals surface area contributed by atoms with E-state index in [2.05, 4.69) is 15.9 Å². The maximum Gasteiger partial charge on any atom is 0.137 e. The Hall–Kier alpha value is -0.0900. The van der Waals surface area contributed by atoms with Gasteiger partial charge >= 0.3 is 0 Å². The van der Waals surface area contributed by atoms with Crippen LogP contribution in [0.15, 0.2) is 11.6 Å². The Kier molecular flexibility index (Phi) is 2.10. The molecule has 0 N–H and O–H groups in total. The van der Waals surface area contributed by atoms with E-state index >= 15 is 0 Å². The van der Waals surface area contributed by atoms with Crippen LogP contribution in [0.3, 0.4) is 0 Å². The molecular formula is C10H17ClN3+. The third-order valence-corrected chi connectivity index (χ3v) is 3.84. The molecule has 0 aliphatic carbocycles. The van der Waals surface area contributed by atoms with Crippen LogP contribution in [0, 0.1) is 5.92 Å².